The molecule has 1 aromatic heterocycles. The van der Waals surface area contributed by atoms with Crippen molar-refractivity contribution in [3.05, 3.63) is 28.5 Å². The molecule has 0 saturated heterocycles. The summed E-state index contributed by atoms with van der Waals surface area (Å²) in [5.74, 6) is 5.51. The molecule has 0 aliphatic heterocycles. The van der Waals surface area contributed by atoms with Crippen molar-refractivity contribution in [2.24, 2.45) is 0 Å². The summed E-state index contributed by atoms with van der Waals surface area (Å²) in [5.41, 5.74) is 0.811. The van der Waals surface area contributed by atoms with Crippen LogP contribution in [0.2, 0.25) is 0 Å². The normalized spacial score (nSPS) is 8.42. The van der Waals surface area contributed by atoms with Gasteiger partial charge in [0.25, 0.3) is 0 Å². The SMILES string of the molecule is O=CCC#Cc1cncc(Br)c1. The molecule has 60 valence electrons. The molecule has 0 saturated carbocycles. The van der Waals surface area contributed by atoms with Crippen LogP contribution in [0.4, 0.5) is 0 Å². The number of rotatable bonds is 1. The van der Waals surface area contributed by atoms with Crippen molar-refractivity contribution in [2.75, 3.05) is 0 Å². The summed E-state index contributed by atoms with van der Waals surface area (Å²) in [7, 11) is 0. The minimum atomic E-state index is 0.270. The Morgan fingerprint density at radius 2 is 2.42 bits per heavy atom. The van der Waals surface area contributed by atoms with Gasteiger partial charge in [-0.15, -0.1) is 0 Å². The molecule has 0 N–H and O–H groups in total. The second kappa shape index (κ2) is 4.68. The van der Waals surface area contributed by atoms with Crippen LogP contribution < -0.4 is 0 Å². The zero-order valence-electron chi connectivity index (χ0n) is 6.25. The van der Waals surface area contributed by atoms with Crippen LogP contribution in [0.5, 0.6) is 0 Å². The van der Waals surface area contributed by atoms with E-state index < -0.39 is 0 Å². The summed E-state index contributed by atoms with van der Waals surface area (Å²) in [6.07, 6.45) is 4.39. The molecular weight excluding hydrogens is 218 g/mol. The number of pyridine rings is 1. The van der Waals surface area contributed by atoms with E-state index in [1.54, 1.807) is 12.4 Å². The Morgan fingerprint density at radius 3 is 3.08 bits per heavy atom. The molecule has 0 atom stereocenters. The third-order valence-electron chi connectivity index (χ3n) is 1.12. The van der Waals surface area contributed by atoms with Gasteiger partial charge in [-0.1, -0.05) is 11.8 Å². The molecule has 0 unspecified atom stereocenters. The Kier molecular flexibility index (Phi) is 3.49. The molecule has 0 spiro atoms. The molecule has 0 radical (unpaired) electrons. The molecule has 2 nitrogen and oxygen atoms in total. The fourth-order valence-electron chi connectivity index (χ4n) is 0.675. The smallest absolute Gasteiger partial charge is 0.131 e. The van der Waals surface area contributed by atoms with E-state index in [0.29, 0.717) is 0 Å². The van der Waals surface area contributed by atoms with Crippen LogP contribution in [0, 0.1) is 11.8 Å². The summed E-state index contributed by atoms with van der Waals surface area (Å²) in [6, 6.07) is 1.85. The van der Waals surface area contributed by atoms with E-state index in [4.69, 9.17) is 0 Å². The van der Waals surface area contributed by atoms with E-state index in [2.05, 4.69) is 32.8 Å². The van der Waals surface area contributed by atoms with Gasteiger partial charge in [-0.25, -0.2) is 0 Å². The fraction of sp³-hybridized carbons (Fsp3) is 0.111. The van der Waals surface area contributed by atoms with E-state index in [-0.39, 0.29) is 6.42 Å². The summed E-state index contributed by atoms with van der Waals surface area (Å²) in [5, 5.41) is 0. The van der Waals surface area contributed by atoms with Gasteiger partial charge in [-0.05, 0) is 22.0 Å². The molecule has 3 heteroatoms. The van der Waals surface area contributed by atoms with Crippen LogP contribution in [-0.4, -0.2) is 11.3 Å². The molecule has 0 aliphatic rings. The lowest BCUT2D eigenvalue weighted by molar-refractivity contribution is -0.107. The highest BCUT2D eigenvalue weighted by Gasteiger charge is 1.88. The zero-order valence-corrected chi connectivity index (χ0v) is 7.84. The first-order valence-electron chi connectivity index (χ1n) is 3.36. The first-order chi connectivity index (χ1) is 5.83. The number of aldehydes is 1. The lowest BCUT2D eigenvalue weighted by Gasteiger charge is -1.89. The maximum Gasteiger partial charge on any atom is 0.131 e. The second-order valence-electron chi connectivity index (χ2n) is 2.06. The predicted molar refractivity (Wildman–Crippen MR) is 49.5 cm³/mol. The van der Waals surface area contributed by atoms with Gasteiger partial charge in [0.05, 0.1) is 6.42 Å². The van der Waals surface area contributed by atoms with E-state index in [1.807, 2.05) is 6.07 Å². The minimum Gasteiger partial charge on any atom is -0.302 e. The monoisotopic (exact) mass is 223 g/mol. The molecule has 0 aliphatic carbocycles. The van der Waals surface area contributed by atoms with Crippen molar-refractivity contribution in [1.29, 1.82) is 0 Å². The maximum absolute atomic E-state index is 9.93. The Balaban J connectivity index is 2.77. The highest BCUT2D eigenvalue weighted by molar-refractivity contribution is 9.10. The molecule has 1 rings (SSSR count). The number of carbonyl (C=O) groups is 1. The molecular formula is C9H6BrNO. The van der Waals surface area contributed by atoms with Crippen molar-refractivity contribution < 1.29 is 4.79 Å². The van der Waals surface area contributed by atoms with Crippen molar-refractivity contribution in [3.8, 4) is 11.8 Å². The van der Waals surface area contributed by atoms with Crippen LogP contribution in [0.25, 0.3) is 0 Å². The lowest BCUT2D eigenvalue weighted by Crippen LogP contribution is -1.77. The summed E-state index contributed by atoms with van der Waals surface area (Å²) in [6.45, 7) is 0. The molecule has 1 heterocycles. The first-order valence-corrected chi connectivity index (χ1v) is 4.15. The average Bonchev–Trinajstić information content (AvgIpc) is 2.05. The van der Waals surface area contributed by atoms with Crippen LogP contribution >= 0.6 is 15.9 Å². The third-order valence-corrected chi connectivity index (χ3v) is 1.56. The molecule has 0 bridgehead atoms. The van der Waals surface area contributed by atoms with Crippen LogP contribution in [0.3, 0.4) is 0 Å². The number of aromatic nitrogens is 1. The Bertz CT molecular complexity index is 338. The molecule has 0 fully saturated rings. The van der Waals surface area contributed by atoms with Crippen LogP contribution in [0.15, 0.2) is 22.9 Å². The van der Waals surface area contributed by atoms with Gasteiger partial charge in [-0.3, -0.25) is 4.98 Å². The lowest BCUT2D eigenvalue weighted by atomic mass is 10.3. The molecule has 0 aromatic carbocycles. The van der Waals surface area contributed by atoms with Crippen molar-refractivity contribution in [2.45, 2.75) is 6.42 Å². The molecule has 1 aromatic rings. The Hall–Kier alpha value is -1.14. The van der Waals surface area contributed by atoms with Crippen LogP contribution in [-0.2, 0) is 4.79 Å². The Morgan fingerprint density at radius 1 is 1.58 bits per heavy atom. The van der Waals surface area contributed by atoms with E-state index >= 15 is 0 Å². The van der Waals surface area contributed by atoms with Crippen molar-refractivity contribution >= 4 is 22.2 Å². The van der Waals surface area contributed by atoms with E-state index in [9.17, 15) is 4.79 Å². The largest absolute Gasteiger partial charge is 0.302 e. The van der Waals surface area contributed by atoms with Gasteiger partial charge in [0.1, 0.15) is 6.29 Å². The summed E-state index contributed by atoms with van der Waals surface area (Å²) >= 11 is 3.27. The average molecular weight is 224 g/mol. The summed E-state index contributed by atoms with van der Waals surface area (Å²) in [4.78, 5) is 13.9. The number of nitrogens with zero attached hydrogens (tertiary/aromatic N) is 1. The standard InChI is InChI=1S/C9H6BrNO/c10-9-5-8(6-11-7-9)3-1-2-4-12/h4-7H,2H2. The van der Waals surface area contributed by atoms with Crippen molar-refractivity contribution in [1.82, 2.24) is 4.98 Å². The van der Waals surface area contributed by atoms with Gasteiger partial charge in [0, 0.05) is 22.4 Å². The molecule has 12 heavy (non-hydrogen) atoms. The van der Waals surface area contributed by atoms with Gasteiger partial charge in [0.15, 0.2) is 0 Å². The van der Waals surface area contributed by atoms with Gasteiger partial charge >= 0.3 is 0 Å². The number of hydrogen-bond acceptors (Lipinski definition) is 2. The minimum absolute atomic E-state index is 0.270. The van der Waals surface area contributed by atoms with Crippen molar-refractivity contribution in [3.63, 3.8) is 0 Å². The highest BCUT2D eigenvalue weighted by Crippen LogP contribution is 2.07. The Labute approximate surface area is 79.1 Å². The quantitative estimate of drug-likeness (QED) is 0.537. The predicted octanol–water partition coefficient (Wildman–Crippen LogP) is 1.78. The second-order valence-corrected chi connectivity index (χ2v) is 2.98. The van der Waals surface area contributed by atoms with E-state index in [1.165, 1.54) is 0 Å². The highest BCUT2D eigenvalue weighted by atomic mass is 79.9. The maximum atomic E-state index is 9.93. The number of halogens is 1. The summed E-state index contributed by atoms with van der Waals surface area (Å²) < 4.78 is 0.889. The van der Waals surface area contributed by atoms with E-state index in [0.717, 1.165) is 16.3 Å². The van der Waals surface area contributed by atoms with Gasteiger partial charge < -0.3 is 4.79 Å². The number of hydrogen-bond donors (Lipinski definition) is 0. The third kappa shape index (κ3) is 2.85. The fourth-order valence-corrected chi connectivity index (χ4v) is 1.04. The zero-order chi connectivity index (χ0) is 8.81. The number of carbonyl (C=O) groups excluding carboxylic acids is 1. The molecule has 0 amide bonds. The van der Waals surface area contributed by atoms with Crippen LogP contribution in [0.1, 0.15) is 12.0 Å². The van der Waals surface area contributed by atoms with Gasteiger partial charge in [0.2, 0.25) is 0 Å². The first kappa shape index (κ1) is 8.95. The topological polar surface area (TPSA) is 30.0 Å². The van der Waals surface area contributed by atoms with Gasteiger partial charge in [-0.2, -0.15) is 0 Å².